The van der Waals surface area contributed by atoms with Gasteiger partial charge >= 0.3 is 0 Å². The Balaban J connectivity index is 1.73. The van der Waals surface area contributed by atoms with E-state index in [1.165, 1.54) is 0 Å². The van der Waals surface area contributed by atoms with Crippen LogP contribution in [0.5, 0.6) is 5.75 Å². The number of carbonyl (C=O) groups is 1. The van der Waals surface area contributed by atoms with Crippen molar-refractivity contribution in [1.82, 2.24) is 15.5 Å². The summed E-state index contributed by atoms with van der Waals surface area (Å²) in [5.41, 5.74) is 7.04. The minimum atomic E-state index is -0.193. The Morgan fingerprint density at radius 2 is 2.11 bits per heavy atom. The first-order valence-corrected chi connectivity index (χ1v) is 5.47. The Hall–Kier alpha value is -2.50. The van der Waals surface area contributed by atoms with E-state index in [0.717, 1.165) is 5.69 Å². The molecule has 0 saturated heterocycles. The summed E-state index contributed by atoms with van der Waals surface area (Å²) >= 11 is 0. The zero-order valence-electron chi connectivity index (χ0n) is 9.72. The summed E-state index contributed by atoms with van der Waals surface area (Å²) in [6, 6.07) is 8.67. The molecule has 1 amide bonds. The first kappa shape index (κ1) is 12.0. The third-order valence-electron chi connectivity index (χ3n) is 2.28. The lowest BCUT2D eigenvalue weighted by Crippen LogP contribution is -2.28. The average molecular weight is 246 g/mol. The maximum atomic E-state index is 11.5. The molecule has 0 fully saturated rings. The lowest BCUT2D eigenvalue weighted by Gasteiger charge is -2.06. The van der Waals surface area contributed by atoms with Gasteiger partial charge in [-0.1, -0.05) is 0 Å². The number of anilines is 1. The van der Waals surface area contributed by atoms with Gasteiger partial charge in [0.25, 0.3) is 5.91 Å². The Kier molecular flexibility index (Phi) is 3.80. The molecule has 0 radical (unpaired) electrons. The van der Waals surface area contributed by atoms with E-state index >= 15 is 0 Å². The molecule has 0 bridgehead atoms. The van der Waals surface area contributed by atoms with E-state index in [4.69, 9.17) is 10.5 Å². The summed E-state index contributed by atoms with van der Waals surface area (Å²) in [6.45, 7) is 0.377. The van der Waals surface area contributed by atoms with Crippen LogP contribution in [0.3, 0.4) is 0 Å². The Morgan fingerprint density at radius 1 is 1.33 bits per heavy atom. The fourth-order valence-corrected chi connectivity index (χ4v) is 1.34. The number of carbonyl (C=O) groups excluding carboxylic acids is 1. The molecule has 1 heterocycles. The number of ether oxygens (including phenoxy) is 1. The second kappa shape index (κ2) is 5.72. The number of benzene rings is 1. The zero-order valence-corrected chi connectivity index (χ0v) is 9.72. The summed E-state index contributed by atoms with van der Waals surface area (Å²) in [5, 5.41) is 9.24. The fraction of sp³-hybridized carbons (Fsp3) is 0.167. The largest absolute Gasteiger partial charge is 0.484 e. The molecule has 6 nitrogen and oxygen atoms in total. The topological polar surface area (TPSA) is 93.0 Å². The molecule has 4 N–H and O–H groups in total. The van der Waals surface area contributed by atoms with E-state index in [0.29, 0.717) is 18.0 Å². The quantitative estimate of drug-likeness (QED) is 0.676. The van der Waals surface area contributed by atoms with Crippen LogP contribution in [0.2, 0.25) is 0 Å². The molecule has 0 aliphatic heterocycles. The van der Waals surface area contributed by atoms with Crippen LogP contribution < -0.4 is 15.8 Å². The van der Waals surface area contributed by atoms with E-state index in [-0.39, 0.29) is 12.5 Å². The van der Waals surface area contributed by atoms with Crippen LogP contribution >= 0.6 is 0 Å². The smallest absolute Gasteiger partial charge is 0.258 e. The van der Waals surface area contributed by atoms with Gasteiger partial charge in [0.05, 0.1) is 12.2 Å². The molecule has 0 spiro atoms. The van der Waals surface area contributed by atoms with Crippen molar-refractivity contribution < 1.29 is 9.53 Å². The molecular weight excluding hydrogens is 232 g/mol. The van der Waals surface area contributed by atoms with Gasteiger partial charge in [-0.2, -0.15) is 5.10 Å². The lowest BCUT2D eigenvalue weighted by atomic mass is 10.3. The predicted octanol–water partition coefficient (Wildman–Crippen LogP) is 0.687. The van der Waals surface area contributed by atoms with Gasteiger partial charge in [0, 0.05) is 11.9 Å². The number of H-pyrrole nitrogens is 1. The van der Waals surface area contributed by atoms with Crippen molar-refractivity contribution in [2.24, 2.45) is 0 Å². The minimum absolute atomic E-state index is 0.0297. The van der Waals surface area contributed by atoms with Crippen LogP contribution in [-0.2, 0) is 11.3 Å². The van der Waals surface area contributed by atoms with Crippen molar-refractivity contribution in [1.29, 1.82) is 0 Å². The Labute approximate surface area is 104 Å². The molecule has 6 heteroatoms. The summed E-state index contributed by atoms with van der Waals surface area (Å²) in [7, 11) is 0. The van der Waals surface area contributed by atoms with Crippen LogP contribution in [0.15, 0.2) is 36.5 Å². The number of hydrogen-bond acceptors (Lipinski definition) is 4. The lowest BCUT2D eigenvalue weighted by molar-refractivity contribution is -0.123. The van der Waals surface area contributed by atoms with Gasteiger partial charge in [0.15, 0.2) is 6.61 Å². The van der Waals surface area contributed by atoms with Crippen molar-refractivity contribution in [3.63, 3.8) is 0 Å². The van der Waals surface area contributed by atoms with Crippen molar-refractivity contribution in [3.8, 4) is 5.75 Å². The summed E-state index contributed by atoms with van der Waals surface area (Å²) < 4.78 is 5.30. The number of rotatable bonds is 5. The highest BCUT2D eigenvalue weighted by Crippen LogP contribution is 2.12. The number of nitrogens with one attached hydrogen (secondary N) is 2. The normalized spacial score (nSPS) is 10.0. The van der Waals surface area contributed by atoms with E-state index < -0.39 is 0 Å². The molecule has 18 heavy (non-hydrogen) atoms. The van der Waals surface area contributed by atoms with Crippen LogP contribution in [0.25, 0.3) is 0 Å². The van der Waals surface area contributed by atoms with E-state index in [2.05, 4.69) is 15.5 Å². The average Bonchev–Trinajstić information content (AvgIpc) is 2.89. The molecule has 0 aliphatic carbocycles. The number of aromatic nitrogens is 2. The van der Waals surface area contributed by atoms with Crippen molar-refractivity contribution in [2.75, 3.05) is 12.3 Å². The highest BCUT2D eigenvalue weighted by molar-refractivity contribution is 5.77. The second-order valence-corrected chi connectivity index (χ2v) is 3.72. The summed E-state index contributed by atoms with van der Waals surface area (Å²) in [6.07, 6.45) is 1.63. The van der Waals surface area contributed by atoms with Gasteiger partial charge in [-0.15, -0.1) is 0 Å². The molecule has 1 aromatic carbocycles. The number of amides is 1. The van der Waals surface area contributed by atoms with Gasteiger partial charge in [-0.25, -0.2) is 0 Å². The Bertz CT molecular complexity index is 493. The van der Waals surface area contributed by atoms with Crippen molar-refractivity contribution >= 4 is 11.6 Å². The summed E-state index contributed by atoms with van der Waals surface area (Å²) in [4.78, 5) is 11.5. The third-order valence-corrected chi connectivity index (χ3v) is 2.28. The van der Waals surface area contributed by atoms with E-state index in [9.17, 15) is 4.79 Å². The molecule has 2 aromatic rings. The molecule has 0 atom stereocenters. The second-order valence-electron chi connectivity index (χ2n) is 3.72. The van der Waals surface area contributed by atoms with Crippen molar-refractivity contribution in [2.45, 2.75) is 6.54 Å². The van der Waals surface area contributed by atoms with E-state index in [1.54, 1.807) is 36.5 Å². The van der Waals surface area contributed by atoms with Crippen molar-refractivity contribution in [3.05, 3.63) is 42.2 Å². The number of hydrogen-bond donors (Lipinski definition) is 3. The first-order valence-electron chi connectivity index (χ1n) is 5.47. The van der Waals surface area contributed by atoms with Gasteiger partial charge in [0.1, 0.15) is 5.75 Å². The number of nitrogens with two attached hydrogens (primary N) is 1. The fourth-order valence-electron chi connectivity index (χ4n) is 1.34. The van der Waals surface area contributed by atoms with Gasteiger partial charge in [-0.3, -0.25) is 9.89 Å². The van der Waals surface area contributed by atoms with Crippen LogP contribution in [0.1, 0.15) is 5.69 Å². The molecule has 0 aliphatic rings. The highest BCUT2D eigenvalue weighted by atomic mass is 16.5. The van der Waals surface area contributed by atoms with Gasteiger partial charge in [-0.05, 0) is 30.3 Å². The number of nitrogen functional groups attached to an aromatic ring is 1. The molecule has 0 saturated carbocycles. The molecule has 1 aromatic heterocycles. The maximum absolute atomic E-state index is 11.5. The zero-order chi connectivity index (χ0) is 12.8. The van der Waals surface area contributed by atoms with E-state index in [1.807, 2.05) is 0 Å². The van der Waals surface area contributed by atoms with Crippen LogP contribution in [0.4, 0.5) is 5.69 Å². The predicted molar refractivity (Wildman–Crippen MR) is 66.8 cm³/mol. The molecule has 94 valence electrons. The Morgan fingerprint density at radius 3 is 2.78 bits per heavy atom. The highest BCUT2D eigenvalue weighted by Gasteiger charge is 2.03. The third kappa shape index (κ3) is 3.51. The molecule has 0 unspecified atom stereocenters. The van der Waals surface area contributed by atoms with Gasteiger partial charge in [0.2, 0.25) is 0 Å². The minimum Gasteiger partial charge on any atom is -0.484 e. The summed E-state index contributed by atoms with van der Waals surface area (Å²) in [5.74, 6) is 0.419. The number of aromatic amines is 1. The SMILES string of the molecule is Nc1ccc(OCC(=O)NCc2ccn[nH]2)cc1. The first-order chi connectivity index (χ1) is 8.74. The van der Waals surface area contributed by atoms with Gasteiger partial charge < -0.3 is 15.8 Å². The molecular formula is C12H14N4O2. The van der Waals surface area contributed by atoms with Crippen LogP contribution in [0, 0.1) is 0 Å². The van der Waals surface area contributed by atoms with Crippen LogP contribution in [-0.4, -0.2) is 22.7 Å². The maximum Gasteiger partial charge on any atom is 0.258 e. The molecule has 2 rings (SSSR count). The number of nitrogens with zero attached hydrogens (tertiary/aromatic N) is 1. The standard InChI is InChI=1S/C12H14N4O2/c13-9-1-3-11(4-2-9)18-8-12(17)14-7-10-5-6-15-16-10/h1-6H,7-8,13H2,(H,14,17)(H,15,16). The monoisotopic (exact) mass is 246 g/mol.